The second-order valence-electron chi connectivity index (χ2n) is 5.51. The fourth-order valence-corrected chi connectivity index (χ4v) is 2.78. The summed E-state index contributed by atoms with van der Waals surface area (Å²) in [7, 11) is 0. The highest BCUT2D eigenvalue weighted by Crippen LogP contribution is 2.19. The standard InChI is InChI=1S/C15H24N2O2/c18-14(12-13-6-3-4-7-13)16-9-11-17-10-5-1-2-8-15(17)19/h3,6,13H,1-2,4-5,7-12H2,(H,16,18). The van der Waals surface area contributed by atoms with Crippen LogP contribution >= 0.6 is 0 Å². The molecule has 106 valence electrons. The number of amides is 2. The van der Waals surface area contributed by atoms with Crippen molar-refractivity contribution in [3.63, 3.8) is 0 Å². The Bertz CT molecular complexity index is 352. The van der Waals surface area contributed by atoms with Gasteiger partial charge in [-0.3, -0.25) is 9.59 Å². The average molecular weight is 264 g/mol. The van der Waals surface area contributed by atoms with E-state index in [1.165, 1.54) is 0 Å². The molecule has 2 aliphatic rings. The van der Waals surface area contributed by atoms with Gasteiger partial charge in [0.25, 0.3) is 0 Å². The van der Waals surface area contributed by atoms with Crippen LogP contribution in [0.3, 0.4) is 0 Å². The molecule has 0 aromatic heterocycles. The van der Waals surface area contributed by atoms with Crippen molar-refractivity contribution in [2.75, 3.05) is 19.6 Å². The van der Waals surface area contributed by atoms with Crippen LogP contribution < -0.4 is 5.32 Å². The summed E-state index contributed by atoms with van der Waals surface area (Å²) in [6.07, 6.45) is 11.0. The van der Waals surface area contributed by atoms with Crippen LogP contribution in [0.2, 0.25) is 0 Å². The lowest BCUT2D eigenvalue weighted by atomic mass is 10.1. The first-order chi connectivity index (χ1) is 9.25. The minimum Gasteiger partial charge on any atom is -0.354 e. The maximum absolute atomic E-state index is 11.8. The minimum atomic E-state index is 0.110. The van der Waals surface area contributed by atoms with Gasteiger partial charge in [0.15, 0.2) is 0 Å². The van der Waals surface area contributed by atoms with Crippen molar-refractivity contribution in [3.8, 4) is 0 Å². The summed E-state index contributed by atoms with van der Waals surface area (Å²) in [5.74, 6) is 0.768. The van der Waals surface area contributed by atoms with Gasteiger partial charge < -0.3 is 10.2 Å². The molecule has 1 unspecified atom stereocenters. The predicted octanol–water partition coefficient (Wildman–Crippen LogP) is 1.86. The molecule has 1 saturated heterocycles. The first kappa shape index (κ1) is 14.1. The summed E-state index contributed by atoms with van der Waals surface area (Å²) >= 11 is 0. The number of carbonyl (C=O) groups excluding carboxylic acids is 2. The average Bonchev–Trinajstić information content (AvgIpc) is 2.80. The molecule has 0 bridgehead atoms. The van der Waals surface area contributed by atoms with Crippen molar-refractivity contribution in [2.24, 2.45) is 5.92 Å². The molecule has 1 fully saturated rings. The van der Waals surface area contributed by atoms with Crippen LogP contribution in [0.1, 0.15) is 44.9 Å². The number of rotatable bonds is 5. The Hall–Kier alpha value is -1.32. The van der Waals surface area contributed by atoms with Crippen LogP contribution in [0.5, 0.6) is 0 Å². The van der Waals surface area contributed by atoms with Crippen molar-refractivity contribution >= 4 is 11.8 Å². The largest absolute Gasteiger partial charge is 0.354 e. The predicted molar refractivity (Wildman–Crippen MR) is 74.5 cm³/mol. The molecule has 1 N–H and O–H groups in total. The second kappa shape index (κ2) is 7.31. The number of nitrogens with zero attached hydrogens (tertiary/aromatic N) is 1. The van der Waals surface area contributed by atoms with Crippen LogP contribution in [0.4, 0.5) is 0 Å². The fourth-order valence-electron chi connectivity index (χ4n) is 2.78. The van der Waals surface area contributed by atoms with Gasteiger partial charge in [0, 0.05) is 32.5 Å². The zero-order valence-corrected chi connectivity index (χ0v) is 11.6. The van der Waals surface area contributed by atoms with Gasteiger partial charge in [-0.05, 0) is 31.6 Å². The first-order valence-corrected chi connectivity index (χ1v) is 7.47. The zero-order valence-electron chi connectivity index (χ0n) is 11.6. The van der Waals surface area contributed by atoms with Crippen LogP contribution in [0.25, 0.3) is 0 Å². The third-order valence-electron chi connectivity index (χ3n) is 3.94. The summed E-state index contributed by atoms with van der Waals surface area (Å²) in [6, 6.07) is 0. The molecule has 0 aromatic carbocycles. The fraction of sp³-hybridized carbons (Fsp3) is 0.733. The van der Waals surface area contributed by atoms with Gasteiger partial charge in [-0.1, -0.05) is 18.6 Å². The van der Waals surface area contributed by atoms with Crippen LogP contribution in [-0.4, -0.2) is 36.3 Å². The third-order valence-corrected chi connectivity index (χ3v) is 3.94. The Kier molecular flexibility index (Phi) is 5.43. The van der Waals surface area contributed by atoms with E-state index in [1.807, 2.05) is 4.90 Å². The van der Waals surface area contributed by atoms with E-state index in [-0.39, 0.29) is 11.8 Å². The van der Waals surface area contributed by atoms with Crippen LogP contribution in [0, 0.1) is 5.92 Å². The minimum absolute atomic E-state index is 0.110. The number of hydrogen-bond donors (Lipinski definition) is 1. The first-order valence-electron chi connectivity index (χ1n) is 7.47. The molecule has 0 saturated carbocycles. The van der Waals surface area contributed by atoms with Gasteiger partial charge >= 0.3 is 0 Å². The number of hydrogen-bond acceptors (Lipinski definition) is 2. The highest BCUT2D eigenvalue weighted by Gasteiger charge is 2.17. The van der Waals surface area contributed by atoms with E-state index in [4.69, 9.17) is 0 Å². The summed E-state index contributed by atoms with van der Waals surface area (Å²) < 4.78 is 0. The normalized spacial score (nSPS) is 23.5. The summed E-state index contributed by atoms with van der Waals surface area (Å²) in [5, 5.41) is 2.93. The highest BCUT2D eigenvalue weighted by atomic mass is 16.2. The molecule has 1 aliphatic carbocycles. The van der Waals surface area contributed by atoms with Crippen LogP contribution in [0.15, 0.2) is 12.2 Å². The Morgan fingerprint density at radius 2 is 2.26 bits per heavy atom. The monoisotopic (exact) mass is 264 g/mol. The summed E-state index contributed by atoms with van der Waals surface area (Å²) in [6.45, 7) is 2.09. The lowest BCUT2D eigenvalue weighted by molar-refractivity contribution is -0.131. The van der Waals surface area contributed by atoms with E-state index in [0.717, 1.165) is 38.6 Å². The van der Waals surface area contributed by atoms with Gasteiger partial charge in [0.05, 0.1) is 0 Å². The second-order valence-corrected chi connectivity index (χ2v) is 5.51. The van der Waals surface area contributed by atoms with Crippen molar-refractivity contribution in [3.05, 3.63) is 12.2 Å². The van der Waals surface area contributed by atoms with E-state index in [0.29, 0.717) is 31.8 Å². The lowest BCUT2D eigenvalue weighted by Gasteiger charge is -2.20. The molecule has 4 heteroatoms. The molecule has 1 atom stereocenters. The Labute approximate surface area is 115 Å². The number of nitrogens with one attached hydrogen (secondary N) is 1. The Morgan fingerprint density at radius 3 is 3.05 bits per heavy atom. The molecular weight excluding hydrogens is 240 g/mol. The van der Waals surface area contributed by atoms with Gasteiger partial charge in [-0.25, -0.2) is 0 Å². The van der Waals surface area contributed by atoms with Gasteiger partial charge in [0.1, 0.15) is 0 Å². The number of likely N-dealkylation sites (tertiary alicyclic amines) is 1. The van der Waals surface area contributed by atoms with Crippen molar-refractivity contribution in [2.45, 2.75) is 44.9 Å². The van der Waals surface area contributed by atoms with Crippen molar-refractivity contribution in [1.29, 1.82) is 0 Å². The molecule has 19 heavy (non-hydrogen) atoms. The maximum atomic E-state index is 11.8. The molecule has 2 rings (SSSR count). The molecule has 1 heterocycles. The SMILES string of the molecule is O=C(CC1C=CCC1)NCCN1CCCCCC1=O. The molecule has 1 aliphatic heterocycles. The molecular formula is C15H24N2O2. The molecule has 0 radical (unpaired) electrons. The topological polar surface area (TPSA) is 49.4 Å². The van der Waals surface area contributed by atoms with Gasteiger partial charge in [0.2, 0.25) is 11.8 Å². The van der Waals surface area contributed by atoms with Crippen molar-refractivity contribution < 1.29 is 9.59 Å². The van der Waals surface area contributed by atoms with E-state index >= 15 is 0 Å². The molecule has 4 nitrogen and oxygen atoms in total. The van der Waals surface area contributed by atoms with Crippen molar-refractivity contribution in [1.82, 2.24) is 10.2 Å². The molecule has 0 aromatic rings. The van der Waals surface area contributed by atoms with E-state index < -0.39 is 0 Å². The van der Waals surface area contributed by atoms with E-state index in [9.17, 15) is 9.59 Å². The summed E-state index contributed by atoms with van der Waals surface area (Å²) in [4.78, 5) is 25.4. The maximum Gasteiger partial charge on any atom is 0.222 e. The van der Waals surface area contributed by atoms with Gasteiger partial charge in [-0.2, -0.15) is 0 Å². The number of allylic oxidation sites excluding steroid dienone is 2. The Balaban J connectivity index is 1.63. The zero-order chi connectivity index (χ0) is 13.5. The quantitative estimate of drug-likeness (QED) is 0.771. The number of carbonyl (C=O) groups is 2. The third kappa shape index (κ3) is 4.69. The highest BCUT2D eigenvalue weighted by molar-refractivity contribution is 5.77. The molecule has 0 spiro atoms. The lowest BCUT2D eigenvalue weighted by Crippen LogP contribution is -2.38. The van der Waals surface area contributed by atoms with Crippen LogP contribution in [-0.2, 0) is 9.59 Å². The van der Waals surface area contributed by atoms with E-state index in [1.54, 1.807) is 0 Å². The van der Waals surface area contributed by atoms with E-state index in [2.05, 4.69) is 17.5 Å². The smallest absolute Gasteiger partial charge is 0.222 e. The molecule has 2 amide bonds. The summed E-state index contributed by atoms with van der Waals surface area (Å²) in [5.41, 5.74) is 0. The Morgan fingerprint density at radius 1 is 1.37 bits per heavy atom. The van der Waals surface area contributed by atoms with Gasteiger partial charge in [-0.15, -0.1) is 0 Å².